The first kappa shape index (κ1) is 14.0. The van der Waals surface area contributed by atoms with Crippen LogP contribution in [0.2, 0.25) is 0 Å². The van der Waals surface area contributed by atoms with Crippen LogP contribution < -0.4 is 5.73 Å². The van der Waals surface area contributed by atoms with Crippen LogP contribution in [0.25, 0.3) is 0 Å². The Morgan fingerprint density at radius 1 is 1.44 bits per heavy atom. The van der Waals surface area contributed by atoms with Gasteiger partial charge in [-0.15, -0.1) is 0 Å². The van der Waals surface area contributed by atoms with E-state index in [4.69, 9.17) is 5.73 Å². The highest BCUT2D eigenvalue weighted by atomic mass is 79.9. The van der Waals surface area contributed by atoms with E-state index in [0.717, 1.165) is 13.1 Å². The second kappa shape index (κ2) is 5.72. The van der Waals surface area contributed by atoms with Crippen LogP contribution in [0, 0.1) is 12.8 Å². The minimum Gasteiger partial charge on any atom is -0.330 e. The molecule has 1 fully saturated rings. The van der Waals surface area contributed by atoms with E-state index < -0.39 is 0 Å². The minimum atomic E-state index is 0.463. The molecule has 0 aromatic heterocycles. The summed E-state index contributed by atoms with van der Waals surface area (Å²) in [4.78, 5) is 2.58. The molecular weight excluding hydrogens is 288 g/mol. The number of hydrogen-bond donors (Lipinski definition) is 1. The van der Waals surface area contributed by atoms with E-state index >= 15 is 0 Å². The van der Waals surface area contributed by atoms with E-state index in [1.54, 1.807) is 0 Å². The molecule has 3 heteroatoms. The maximum Gasteiger partial charge on any atom is 0.0402 e. The average molecular weight is 311 g/mol. The van der Waals surface area contributed by atoms with E-state index in [0.29, 0.717) is 18.0 Å². The molecule has 1 aliphatic heterocycles. The van der Waals surface area contributed by atoms with Crippen LogP contribution in [0.5, 0.6) is 0 Å². The molecule has 100 valence electrons. The highest BCUT2D eigenvalue weighted by Gasteiger charge is 2.36. The predicted molar refractivity (Wildman–Crippen MR) is 80.6 cm³/mol. The Morgan fingerprint density at radius 3 is 2.72 bits per heavy atom. The average Bonchev–Trinajstić information content (AvgIpc) is 2.72. The third-order valence-electron chi connectivity index (χ3n) is 4.00. The molecule has 0 bridgehead atoms. The Hall–Kier alpha value is -0.380. The molecule has 2 N–H and O–H groups in total. The van der Waals surface area contributed by atoms with Crippen molar-refractivity contribution in [3.63, 3.8) is 0 Å². The van der Waals surface area contributed by atoms with Crippen molar-refractivity contribution in [3.05, 3.63) is 33.8 Å². The van der Waals surface area contributed by atoms with Crippen LogP contribution in [-0.2, 0) is 0 Å². The maximum absolute atomic E-state index is 5.96. The van der Waals surface area contributed by atoms with Gasteiger partial charge in [-0.05, 0) is 63.4 Å². The largest absolute Gasteiger partial charge is 0.330 e. The first-order valence-corrected chi connectivity index (χ1v) is 7.55. The maximum atomic E-state index is 5.96. The summed E-state index contributed by atoms with van der Waals surface area (Å²) < 4.78 is 1.22. The van der Waals surface area contributed by atoms with Gasteiger partial charge < -0.3 is 5.73 Å². The molecule has 2 rings (SSSR count). The van der Waals surface area contributed by atoms with Crippen molar-refractivity contribution in [3.8, 4) is 0 Å². The third kappa shape index (κ3) is 2.63. The molecule has 2 nitrogen and oxygen atoms in total. The standard InChI is InChI=1S/C15H23BrN2/c1-10(2)18-7-6-12(9-17)15(18)13-5-4-11(3)8-14(13)16/h4-5,8,10,12,15H,6-7,9,17H2,1-3H3. The van der Waals surface area contributed by atoms with Crippen LogP contribution in [0.3, 0.4) is 0 Å². The van der Waals surface area contributed by atoms with Crippen molar-refractivity contribution in [1.82, 2.24) is 4.90 Å². The lowest BCUT2D eigenvalue weighted by atomic mass is 9.93. The van der Waals surface area contributed by atoms with Gasteiger partial charge in [0.05, 0.1) is 0 Å². The number of aryl methyl sites for hydroxylation is 1. The number of likely N-dealkylation sites (tertiary alicyclic amines) is 1. The molecule has 1 saturated heterocycles. The lowest BCUT2D eigenvalue weighted by molar-refractivity contribution is 0.184. The Labute approximate surface area is 119 Å². The third-order valence-corrected chi connectivity index (χ3v) is 4.69. The van der Waals surface area contributed by atoms with Gasteiger partial charge in [-0.1, -0.05) is 28.1 Å². The second-order valence-electron chi connectivity index (χ2n) is 5.59. The topological polar surface area (TPSA) is 29.3 Å². The second-order valence-corrected chi connectivity index (χ2v) is 6.44. The number of benzene rings is 1. The number of rotatable bonds is 3. The lowest BCUT2D eigenvalue weighted by Gasteiger charge is -2.32. The van der Waals surface area contributed by atoms with E-state index in [-0.39, 0.29) is 0 Å². The number of nitrogens with zero attached hydrogens (tertiary/aromatic N) is 1. The molecule has 2 atom stereocenters. The minimum absolute atomic E-state index is 0.463. The fourth-order valence-electron chi connectivity index (χ4n) is 3.01. The Kier molecular flexibility index (Phi) is 4.46. The van der Waals surface area contributed by atoms with Gasteiger partial charge in [-0.25, -0.2) is 0 Å². The monoisotopic (exact) mass is 310 g/mol. The van der Waals surface area contributed by atoms with E-state index in [2.05, 4.69) is 59.8 Å². The van der Waals surface area contributed by atoms with E-state index in [1.165, 1.54) is 22.0 Å². The Balaban J connectivity index is 2.37. The first-order chi connectivity index (χ1) is 8.54. The zero-order chi connectivity index (χ0) is 13.3. The summed E-state index contributed by atoms with van der Waals surface area (Å²) >= 11 is 3.72. The summed E-state index contributed by atoms with van der Waals surface area (Å²) in [5.41, 5.74) is 8.65. The van der Waals surface area contributed by atoms with Gasteiger partial charge >= 0.3 is 0 Å². The van der Waals surface area contributed by atoms with Gasteiger partial charge in [-0.3, -0.25) is 4.90 Å². The van der Waals surface area contributed by atoms with Gasteiger partial charge in [0, 0.05) is 16.6 Å². The Bertz CT molecular complexity index is 417. The van der Waals surface area contributed by atoms with Crippen LogP contribution in [0.4, 0.5) is 0 Å². The lowest BCUT2D eigenvalue weighted by Crippen LogP contribution is -2.33. The first-order valence-electron chi connectivity index (χ1n) is 6.76. The van der Waals surface area contributed by atoms with E-state index in [1.807, 2.05) is 0 Å². The molecule has 1 heterocycles. The molecular formula is C15H23BrN2. The highest BCUT2D eigenvalue weighted by molar-refractivity contribution is 9.10. The van der Waals surface area contributed by atoms with Crippen LogP contribution in [0.15, 0.2) is 22.7 Å². The van der Waals surface area contributed by atoms with E-state index in [9.17, 15) is 0 Å². The van der Waals surface area contributed by atoms with Crippen molar-refractivity contribution >= 4 is 15.9 Å². The van der Waals surface area contributed by atoms with Crippen molar-refractivity contribution in [2.75, 3.05) is 13.1 Å². The molecule has 1 aromatic carbocycles. The summed E-state index contributed by atoms with van der Waals surface area (Å²) in [6.07, 6.45) is 1.21. The van der Waals surface area contributed by atoms with Gasteiger partial charge in [0.2, 0.25) is 0 Å². The van der Waals surface area contributed by atoms with Crippen molar-refractivity contribution in [1.29, 1.82) is 0 Å². The van der Waals surface area contributed by atoms with Crippen LogP contribution >= 0.6 is 15.9 Å². The van der Waals surface area contributed by atoms with Crippen molar-refractivity contribution in [2.45, 2.75) is 39.3 Å². The smallest absolute Gasteiger partial charge is 0.0402 e. The molecule has 0 saturated carbocycles. The zero-order valence-corrected chi connectivity index (χ0v) is 13.1. The molecule has 1 aliphatic rings. The number of halogens is 1. The van der Waals surface area contributed by atoms with Crippen LogP contribution in [-0.4, -0.2) is 24.0 Å². The summed E-state index contributed by atoms with van der Waals surface area (Å²) in [5, 5.41) is 0. The molecule has 0 radical (unpaired) electrons. The quantitative estimate of drug-likeness (QED) is 0.926. The molecule has 0 amide bonds. The normalized spacial score (nSPS) is 25.0. The van der Waals surface area contributed by atoms with Crippen molar-refractivity contribution < 1.29 is 0 Å². The zero-order valence-electron chi connectivity index (χ0n) is 11.5. The van der Waals surface area contributed by atoms with Crippen molar-refractivity contribution in [2.24, 2.45) is 11.7 Å². The fourth-order valence-corrected chi connectivity index (χ4v) is 3.74. The molecule has 2 unspecified atom stereocenters. The fraction of sp³-hybridized carbons (Fsp3) is 0.600. The number of nitrogens with two attached hydrogens (primary N) is 1. The predicted octanol–water partition coefficient (Wildman–Crippen LogP) is 3.49. The molecule has 0 aliphatic carbocycles. The van der Waals surface area contributed by atoms with Gasteiger partial charge in [0.25, 0.3) is 0 Å². The summed E-state index contributed by atoms with van der Waals surface area (Å²) in [5.74, 6) is 0.575. The summed E-state index contributed by atoms with van der Waals surface area (Å²) in [7, 11) is 0. The summed E-state index contributed by atoms with van der Waals surface area (Å²) in [6, 6.07) is 7.70. The summed E-state index contributed by atoms with van der Waals surface area (Å²) in [6.45, 7) is 8.60. The van der Waals surface area contributed by atoms with Gasteiger partial charge in [0.1, 0.15) is 0 Å². The number of hydrogen-bond acceptors (Lipinski definition) is 2. The van der Waals surface area contributed by atoms with Gasteiger partial charge in [-0.2, -0.15) is 0 Å². The van der Waals surface area contributed by atoms with Gasteiger partial charge in [0.15, 0.2) is 0 Å². The molecule has 0 spiro atoms. The highest BCUT2D eigenvalue weighted by Crippen LogP contribution is 2.41. The molecule has 18 heavy (non-hydrogen) atoms. The SMILES string of the molecule is Cc1ccc(C2C(CN)CCN2C(C)C)c(Br)c1. The van der Waals surface area contributed by atoms with Crippen LogP contribution in [0.1, 0.15) is 37.4 Å². The molecule has 1 aromatic rings. The Morgan fingerprint density at radius 2 is 2.17 bits per heavy atom.